The van der Waals surface area contributed by atoms with Crippen LogP contribution in [0.5, 0.6) is 11.5 Å². The minimum atomic E-state index is 0.375. The molecule has 0 bridgehead atoms. The lowest BCUT2D eigenvalue weighted by atomic mass is 10.1. The smallest absolute Gasteiger partial charge is 0.185 e. The molecule has 1 saturated heterocycles. The summed E-state index contributed by atoms with van der Waals surface area (Å²) in [7, 11) is 0. The molecular weight excluding hydrogens is 334 g/mol. The van der Waals surface area contributed by atoms with Crippen LogP contribution in [0.1, 0.15) is 31.1 Å². The number of hydrogen-bond acceptors (Lipinski definition) is 6. The number of aryl methyl sites for hydroxylation is 1. The van der Waals surface area contributed by atoms with E-state index >= 15 is 0 Å². The third kappa shape index (κ3) is 3.46. The highest BCUT2D eigenvalue weighted by Crippen LogP contribution is 2.34. The molecule has 4 rings (SSSR count). The van der Waals surface area contributed by atoms with E-state index in [-0.39, 0.29) is 0 Å². The Balaban J connectivity index is 1.40. The van der Waals surface area contributed by atoms with Gasteiger partial charge >= 0.3 is 0 Å². The molecule has 3 heterocycles. The number of fused-ring (bicyclic) bond motifs is 1. The fourth-order valence-electron chi connectivity index (χ4n) is 3.44. The van der Waals surface area contributed by atoms with E-state index in [1.165, 1.54) is 16.4 Å². The maximum atomic E-state index is 5.73. The summed E-state index contributed by atoms with van der Waals surface area (Å²) in [4.78, 5) is 9.68. The van der Waals surface area contributed by atoms with Gasteiger partial charge in [-0.2, -0.15) is 0 Å². The van der Waals surface area contributed by atoms with Gasteiger partial charge in [0.15, 0.2) is 16.6 Å². The van der Waals surface area contributed by atoms with E-state index < -0.39 is 0 Å². The summed E-state index contributed by atoms with van der Waals surface area (Å²) < 4.78 is 11.4. The predicted molar refractivity (Wildman–Crippen MR) is 101 cm³/mol. The van der Waals surface area contributed by atoms with Crippen molar-refractivity contribution < 1.29 is 9.47 Å². The van der Waals surface area contributed by atoms with Crippen LogP contribution >= 0.6 is 11.3 Å². The van der Waals surface area contributed by atoms with Crippen LogP contribution in [0.4, 0.5) is 5.13 Å². The summed E-state index contributed by atoms with van der Waals surface area (Å²) in [6.45, 7) is 9.88. The first-order valence-corrected chi connectivity index (χ1v) is 9.95. The normalized spacial score (nSPS) is 19.0. The fourth-order valence-corrected chi connectivity index (χ4v) is 4.40. The number of anilines is 1. The van der Waals surface area contributed by atoms with Crippen molar-refractivity contribution in [3.8, 4) is 11.5 Å². The highest BCUT2D eigenvalue weighted by atomic mass is 32.1. The molecule has 6 heteroatoms. The molecule has 0 N–H and O–H groups in total. The number of nitrogens with zero attached hydrogens (tertiary/aromatic N) is 3. The Hall–Kier alpha value is -1.79. The van der Waals surface area contributed by atoms with Gasteiger partial charge in [0.2, 0.25) is 0 Å². The maximum absolute atomic E-state index is 5.73. The van der Waals surface area contributed by atoms with Gasteiger partial charge in [-0.1, -0.05) is 13.0 Å². The van der Waals surface area contributed by atoms with Crippen LogP contribution in [0, 0.1) is 0 Å². The Morgan fingerprint density at radius 2 is 1.88 bits per heavy atom. The molecule has 1 aromatic heterocycles. The SMILES string of the molecule is CCc1csc(N2CCN(C(C)c3ccc4c(c3)OCCO4)CC2)n1. The molecule has 25 heavy (non-hydrogen) atoms. The monoisotopic (exact) mass is 359 g/mol. The first-order valence-electron chi connectivity index (χ1n) is 9.07. The van der Waals surface area contributed by atoms with E-state index in [4.69, 9.17) is 14.5 Å². The highest BCUT2D eigenvalue weighted by molar-refractivity contribution is 7.13. The number of rotatable bonds is 4. The zero-order valence-corrected chi connectivity index (χ0v) is 15.7. The molecule has 2 aliphatic heterocycles. The van der Waals surface area contributed by atoms with Crippen LogP contribution in [0.2, 0.25) is 0 Å². The van der Waals surface area contributed by atoms with E-state index in [1.54, 1.807) is 11.3 Å². The molecule has 1 atom stereocenters. The van der Waals surface area contributed by atoms with E-state index in [9.17, 15) is 0 Å². The largest absolute Gasteiger partial charge is 0.486 e. The first kappa shape index (κ1) is 16.7. The summed E-state index contributed by atoms with van der Waals surface area (Å²) in [5.74, 6) is 1.74. The zero-order valence-electron chi connectivity index (χ0n) is 14.9. The molecule has 134 valence electrons. The fraction of sp³-hybridized carbons (Fsp3) is 0.526. The van der Waals surface area contributed by atoms with Gasteiger partial charge in [-0.3, -0.25) is 4.90 Å². The second kappa shape index (κ2) is 7.22. The summed E-state index contributed by atoms with van der Waals surface area (Å²) in [5, 5.41) is 3.35. The molecular formula is C19H25N3O2S. The van der Waals surface area contributed by atoms with Gasteiger partial charge < -0.3 is 14.4 Å². The van der Waals surface area contributed by atoms with Crippen molar-refractivity contribution in [3.63, 3.8) is 0 Å². The van der Waals surface area contributed by atoms with Crippen molar-refractivity contribution >= 4 is 16.5 Å². The zero-order chi connectivity index (χ0) is 17.2. The summed E-state index contributed by atoms with van der Waals surface area (Å²) >= 11 is 1.77. The molecule has 0 radical (unpaired) electrons. The topological polar surface area (TPSA) is 37.8 Å². The molecule has 1 aromatic carbocycles. The number of benzene rings is 1. The summed E-state index contributed by atoms with van der Waals surface area (Å²) in [5.41, 5.74) is 2.49. The van der Waals surface area contributed by atoms with Gasteiger partial charge in [-0.15, -0.1) is 11.3 Å². The van der Waals surface area contributed by atoms with Crippen molar-refractivity contribution in [2.45, 2.75) is 26.3 Å². The molecule has 2 aliphatic rings. The number of ether oxygens (including phenoxy) is 2. The average molecular weight is 359 g/mol. The maximum Gasteiger partial charge on any atom is 0.185 e. The Kier molecular flexibility index (Phi) is 4.81. The third-order valence-corrected chi connectivity index (χ3v) is 6.03. The number of piperazine rings is 1. The molecule has 0 spiro atoms. The Bertz CT molecular complexity index is 725. The molecule has 2 aromatic rings. The summed E-state index contributed by atoms with van der Waals surface area (Å²) in [6, 6.07) is 6.72. The molecule has 5 nitrogen and oxygen atoms in total. The van der Waals surface area contributed by atoms with Gasteiger partial charge in [-0.05, 0) is 31.0 Å². The molecule has 0 saturated carbocycles. The van der Waals surface area contributed by atoms with E-state index in [2.05, 4.69) is 41.2 Å². The summed E-state index contributed by atoms with van der Waals surface area (Å²) in [6.07, 6.45) is 1.01. The lowest BCUT2D eigenvalue weighted by molar-refractivity contribution is 0.169. The van der Waals surface area contributed by atoms with Crippen LogP contribution in [0.3, 0.4) is 0 Å². The van der Waals surface area contributed by atoms with Crippen molar-refractivity contribution in [2.24, 2.45) is 0 Å². The van der Waals surface area contributed by atoms with Crippen molar-refractivity contribution in [2.75, 3.05) is 44.3 Å². The second-order valence-electron chi connectivity index (χ2n) is 6.58. The van der Waals surface area contributed by atoms with E-state index in [0.29, 0.717) is 19.3 Å². The number of aromatic nitrogens is 1. The lowest BCUT2D eigenvalue weighted by Gasteiger charge is -2.38. The van der Waals surface area contributed by atoms with Crippen molar-refractivity contribution in [3.05, 3.63) is 34.8 Å². The minimum absolute atomic E-state index is 0.375. The van der Waals surface area contributed by atoms with Gasteiger partial charge in [0.05, 0.1) is 5.69 Å². The van der Waals surface area contributed by atoms with Crippen LogP contribution in [-0.4, -0.2) is 49.3 Å². The highest BCUT2D eigenvalue weighted by Gasteiger charge is 2.24. The molecule has 0 aliphatic carbocycles. The molecule has 1 fully saturated rings. The van der Waals surface area contributed by atoms with Gasteiger partial charge in [0.1, 0.15) is 13.2 Å². The van der Waals surface area contributed by atoms with E-state index in [0.717, 1.165) is 44.1 Å². The van der Waals surface area contributed by atoms with Crippen LogP contribution < -0.4 is 14.4 Å². The molecule has 0 amide bonds. The standard InChI is InChI=1S/C19H25N3O2S/c1-3-16-13-25-19(20-16)22-8-6-21(7-9-22)14(2)15-4-5-17-18(12-15)24-11-10-23-17/h4-5,12-14H,3,6-11H2,1-2H3. The van der Waals surface area contributed by atoms with Crippen molar-refractivity contribution in [1.29, 1.82) is 0 Å². The number of hydrogen-bond donors (Lipinski definition) is 0. The predicted octanol–water partition coefficient (Wildman–Crippen LogP) is 3.36. The van der Waals surface area contributed by atoms with Crippen LogP contribution in [-0.2, 0) is 6.42 Å². The van der Waals surface area contributed by atoms with Gasteiger partial charge in [-0.25, -0.2) is 4.98 Å². The van der Waals surface area contributed by atoms with Crippen LogP contribution in [0.25, 0.3) is 0 Å². The second-order valence-corrected chi connectivity index (χ2v) is 7.41. The third-order valence-electron chi connectivity index (χ3n) is 5.08. The Morgan fingerprint density at radius 3 is 2.60 bits per heavy atom. The van der Waals surface area contributed by atoms with E-state index in [1.807, 2.05) is 6.07 Å². The first-order chi connectivity index (χ1) is 12.2. The lowest BCUT2D eigenvalue weighted by Crippen LogP contribution is -2.47. The van der Waals surface area contributed by atoms with Crippen LogP contribution in [0.15, 0.2) is 23.6 Å². The van der Waals surface area contributed by atoms with Crippen molar-refractivity contribution in [1.82, 2.24) is 9.88 Å². The van der Waals surface area contributed by atoms with Gasteiger partial charge in [0, 0.05) is 37.6 Å². The minimum Gasteiger partial charge on any atom is -0.486 e. The number of thiazole rings is 1. The Morgan fingerprint density at radius 1 is 1.12 bits per heavy atom. The molecule has 1 unspecified atom stereocenters. The van der Waals surface area contributed by atoms with Gasteiger partial charge in [0.25, 0.3) is 0 Å². The average Bonchev–Trinajstić information content (AvgIpc) is 3.16. The quantitative estimate of drug-likeness (QED) is 0.837. The Labute approximate surface area is 153 Å².